The first-order chi connectivity index (χ1) is 27.8. The van der Waals surface area contributed by atoms with Crippen LogP contribution in [0.5, 0.6) is 23.0 Å². The van der Waals surface area contributed by atoms with Gasteiger partial charge in [0.05, 0.1) is 27.8 Å². The second kappa shape index (κ2) is 12.0. The van der Waals surface area contributed by atoms with E-state index in [0.29, 0.717) is 0 Å². The summed E-state index contributed by atoms with van der Waals surface area (Å²) in [5.74, 6) is 4.17. The van der Waals surface area contributed by atoms with Gasteiger partial charge in [-0.2, -0.15) is 0 Å². The van der Waals surface area contributed by atoms with Gasteiger partial charge in [0.15, 0.2) is 8.07 Å². The molecular weight excluding hydrogens is 701 g/mol. The van der Waals surface area contributed by atoms with E-state index in [4.69, 9.17) is 14.5 Å². The molecule has 262 valence electrons. The molecule has 2 aliphatic heterocycles. The summed E-state index contributed by atoms with van der Waals surface area (Å²) < 4.78 is 18.0. The molecule has 56 heavy (non-hydrogen) atoms. The smallest absolute Gasteiger partial charge is 0.260 e. The first-order valence-corrected chi connectivity index (χ1v) is 21.1. The molecule has 0 radical (unpaired) electrons. The molecule has 2 aliphatic rings. The molecule has 0 amide bonds. The van der Waals surface area contributed by atoms with Crippen LogP contribution in [-0.2, 0) is 0 Å². The maximum absolute atomic E-state index is 6.72. The molecule has 0 atom stereocenters. The Morgan fingerprint density at radius 1 is 0.429 bits per heavy atom. The summed E-state index contributed by atoms with van der Waals surface area (Å²) in [4.78, 5) is 5.40. The highest BCUT2D eigenvalue weighted by Crippen LogP contribution is 2.38. The minimum absolute atomic E-state index is 0.0149. The van der Waals surface area contributed by atoms with E-state index in [2.05, 4.69) is 191 Å². The number of rotatable bonds is 5. The Morgan fingerprint density at radius 2 is 0.929 bits per heavy atom. The highest BCUT2D eigenvalue weighted by atomic mass is 28.3. The van der Waals surface area contributed by atoms with Gasteiger partial charge in [0, 0.05) is 17.6 Å². The Bertz CT molecular complexity index is 2990. The van der Waals surface area contributed by atoms with Crippen LogP contribution in [0.25, 0.3) is 33.5 Å². The molecule has 5 nitrogen and oxygen atoms in total. The molecule has 0 bridgehead atoms. The molecule has 0 fully saturated rings. The topological polar surface area (TPSA) is 40.7 Å². The van der Waals surface area contributed by atoms with Crippen LogP contribution in [0.15, 0.2) is 194 Å². The normalized spacial score (nSPS) is 12.9. The van der Waals surface area contributed by atoms with Crippen LogP contribution in [0.2, 0.25) is 0 Å². The highest BCUT2D eigenvalue weighted by Gasteiger charge is 2.42. The van der Waals surface area contributed by atoms with E-state index in [1.54, 1.807) is 0 Å². The maximum Gasteiger partial charge on any atom is 0.260 e. The molecule has 12 rings (SSSR count). The second-order valence-corrected chi connectivity index (χ2v) is 18.5. The van der Waals surface area contributed by atoms with E-state index < -0.39 is 8.07 Å². The molecule has 10 aromatic rings. The molecule has 0 saturated heterocycles. The predicted molar refractivity (Wildman–Crippen MR) is 231 cm³/mol. The fourth-order valence-corrected chi connectivity index (χ4v) is 14.2. The fraction of sp³-hybridized carbons (Fsp3) is 0. The quantitative estimate of drug-likeness (QED) is 0.149. The van der Waals surface area contributed by atoms with Gasteiger partial charge < -0.3 is 9.47 Å². The lowest BCUT2D eigenvalue weighted by atomic mass is 9.35. The fourth-order valence-electron chi connectivity index (χ4n) is 9.46. The number of imidazole rings is 2. The van der Waals surface area contributed by atoms with Crippen LogP contribution in [0.4, 0.5) is 0 Å². The molecule has 7 heteroatoms. The van der Waals surface area contributed by atoms with Gasteiger partial charge in [-0.3, -0.25) is 8.97 Å². The second-order valence-electron chi connectivity index (χ2n) is 14.7. The van der Waals surface area contributed by atoms with E-state index in [-0.39, 0.29) is 6.71 Å². The number of fused-ring (bicyclic) bond motifs is 9. The molecule has 0 spiro atoms. The summed E-state index contributed by atoms with van der Waals surface area (Å²) in [6.45, 7) is 0.0149. The summed E-state index contributed by atoms with van der Waals surface area (Å²) in [6.07, 6.45) is 0. The maximum atomic E-state index is 6.72. The lowest BCUT2D eigenvalue weighted by Crippen LogP contribution is -2.74. The van der Waals surface area contributed by atoms with Crippen molar-refractivity contribution in [1.29, 1.82) is 0 Å². The zero-order chi connectivity index (χ0) is 36.8. The highest BCUT2D eigenvalue weighted by molar-refractivity contribution is 7.20. The number of hydrogen-bond acceptors (Lipinski definition) is 3. The lowest BCUT2D eigenvalue weighted by molar-refractivity contribution is 0.464. The predicted octanol–water partition coefficient (Wildman–Crippen LogP) is 6.54. The van der Waals surface area contributed by atoms with Crippen molar-refractivity contribution in [1.82, 2.24) is 14.0 Å². The van der Waals surface area contributed by atoms with Crippen LogP contribution < -0.4 is 46.6 Å². The van der Waals surface area contributed by atoms with Crippen molar-refractivity contribution in [3.63, 3.8) is 0 Å². The number of ether oxygens (including phenoxy) is 2. The van der Waals surface area contributed by atoms with Crippen molar-refractivity contribution >= 4 is 79.8 Å². The largest absolute Gasteiger partial charge is 0.458 e. The van der Waals surface area contributed by atoms with Gasteiger partial charge in [-0.05, 0) is 68.1 Å². The van der Waals surface area contributed by atoms with E-state index in [0.717, 1.165) is 72.9 Å². The van der Waals surface area contributed by atoms with E-state index in [9.17, 15) is 0 Å². The Kier molecular flexibility index (Phi) is 6.68. The van der Waals surface area contributed by atoms with Crippen molar-refractivity contribution in [3.8, 4) is 28.7 Å². The van der Waals surface area contributed by atoms with Gasteiger partial charge in [0.2, 0.25) is 5.78 Å². The lowest BCUT2D eigenvalue weighted by Gasteiger charge is -2.34. The Labute approximate surface area is 324 Å². The average Bonchev–Trinajstić information content (AvgIpc) is 3.79. The number of aromatic nitrogens is 3. The molecule has 2 aromatic heterocycles. The molecule has 0 unspecified atom stereocenters. The summed E-state index contributed by atoms with van der Waals surface area (Å²) in [6, 6.07) is 69.8. The van der Waals surface area contributed by atoms with Crippen LogP contribution in [-0.4, -0.2) is 28.7 Å². The standard InChI is InChI=1S/C49H32BN3O2Si/c1-4-16-34(17-5-1)56(35-18-6-2-7-19-35,36-20-8-3-9-21-36)37-28-29-40-43(32-37)53-42-25-13-12-24-41(42)52(49(53)51-40)33-30-46-48-47(31-33)55-45-27-15-11-23-39(45)50(48)38-22-10-14-26-44(38)54-46/h1-32H. The summed E-state index contributed by atoms with van der Waals surface area (Å²) in [5.41, 5.74) is 8.42. The zero-order valence-corrected chi connectivity index (χ0v) is 31.2. The van der Waals surface area contributed by atoms with Crippen molar-refractivity contribution in [2.45, 2.75) is 0 Å². The molecular formula is C49H32BN3O2Si. The summed E-state index contributed by atoms with van der Waals surface area (Å²) >= 11 is 0. The first kappa shape index (κ1) is 31.3. The molecule has 0 N–H and O–H groups in total. The van der Waals surface area contributed by atoms with Crippen LogP contribution in [0.3, 0.4) is 0 Å². The van der Waals surface area contributed by atoms with Gasteiger partial charge >= 0.3 is 0 Å². The minimum atomic E-state index is -2.77. The average molecular weight is 734 g/mol. The van der Waals surface area contributed by atoms with Gasteiger partial charge in [-0.1, -0.05) is 146 Å². The zero-order valence-electron chi connectivity index (χ0n) is 30.2. The SMILES string of the molecule is c1ccc([Si](c2ccccc2)(c2ccccc2)c2ccc3nc4n(-c5cc6c7c(c5)Oc5ccccc5B7c5ccccc5O6)c5ccccc5n4c3c2)cc1. The van der Waals surface area contributed by atoms with Crippen LogP contribution >= 0.6 is 0 Å². The van der Waals surface area contributed by atoms with Gasteiger partial charge in [-0.15, -0.1) is 0 Å². The minimum Gasteiger partial charge on any atom is -0.458 e. The third-order valence-electron chi connectivity index (χ3n) is 11.8. The third kappa shape index (κ3) is 4.34. The third-order valence-corrected chi connectivity index (χ3v) is 16.6. The van der Waals surface area contributed by atoms with E-state index >= 15 is 0 Å². The van der Waals surface area contributed by atoms with Crippen molar-refractivity contribution in [2.75, 3.05) is 0 Å². The summed E-state index contributed by atoms with van der Waals surface area (Å²) in [5, 5.41) is 5.31. The van der Waals surface area contributed by atoms with Crippen molar-refractivity contribution < 1.29 is 9.47 Å². The number of para-hydroxylation sites is 4. The summed E-state index contributed by atoms with van der Waals surface area (Å²) in [7, 11) is -2.77. The number of nitrogens with zero attached hydrogens (tertiary/aromatic N) is 3. The van der Waals surface area contributed by atoms with Crippen molar-refractivity contribution in [3.05, 3.63) is 194 Å². The Hall–Kier alpha value is -7.09. The molecule has 8 aromatic carbocycles. The Balaban J connectivity index is 1.12. The number of hydrogen-bond donors (Lipinski definition) is 0. The van der Waals surface area contributed by atoms with Crippen LogP contribution in [0.1, 0.15) is 0 Å². The number of benzene rings is 8. The molecule has 0 aliphatic carbocycles. The monoisotopic (exact) mass is 733 g/mol. The van der Waals surface area contributed by atoms with Gasteiger partial charge in [0.1, 0.15) is 23.0 Å². The van der Waals surface area contributed by atoms with Crippen molar-refractivity contribution in [2.24, 2.45) is 0 Å². The molecule has 4 heterocycles. The first-order valence-electron chi connectivity index (χ1n) is 19.1. The molecule has 0 saturated carbocycles. The van der Waals surface area contributed by atoms with Gasteiger partial charge in [0.25, 0.3) is 6.71 Å². The van der Waals surface area contributed by atoms with E-state index in [1.807, 2.05) is 12.1 Å². The Morgan fingerprint density at radius 3 is 1.50 bits per heavy atom. The van der Waals surface area contributed by atoms with E-state index in [1.165, 1.54) is 20.7 Å². The van der Waals surface area contributed by atoms with Gasteiger partial charge in [-0.25, -0.2) is 4.98 Å². The van der Waals surface area contributed by atoms with Crippen LogP contribution in [0, 0.1) is 0 Å².